The highest BCUT2D eigenvalue weighted by Crippen LogP contribution is 2.38. The Morgan fingerprint density at radius 2 is 0.913 bits per heavy atom. The number of aromatic carboxylic acids is 2. The zero-order valence-electron chi connectivity index (χ0n) is 24.1. The number of rotatable bonds is 6. The van der Waals surface area contributed by atoms with Crippen molar-refractivity contribution in [2.24, 2.45) is 0 Å². The van der Waals surface area contributed by atoms with Crippen molar-refractivity contribution in [1.29, 1.82) is 0 Å². The molecule has 6 aromatic carbocycles. The number of hydrogen-bond acceptors (Lipinski definition) is 8. The number of sulfone groups is 1. The Hall–Kier alpha value is -6.07. The van der Waals surface area contributed by atoms with Gasteiger partial charge in [0, 0.05) is 28.9 Å². The van der Waals surface area contributed by atoms with Gasteiger partial charge in [0.1, 0.15) is 22.6 Å². The van der Waals surface area contributed by atoms with Crippen LogP contribution in [0.5, 0.6) is 11.5 Å². The van der Waals surface area contributed by atoms with E-state index in [1.165, 1.54) is 36.4 Å². The minimum Gasteiger partial charge on any atom is -0.507 e. The number of anilines is 2. The number of carboxylic acid groups (broad SMARTS) is 2. The van der Waals surface area contributed by atoms with Gasteiger partial charge < -0.3 is 31.9 Å². The van der Waals surface area contributed by atoms with Crippen molar-refractivity contribution in [2.45, 2.75) is 16.2 Å². The van der Waals surface area contributed by atoms with Crippen LogP contribution in [0.4, 0.5) is 11.4 Å². The van der Waals surface area contributed by atoms with Gasteiger partial charge >= 0.3 is 11.9 Å². The Labute approximate surface area is 263 Å². The summed E-state index contributed by atoms with van der Waals surface area (Å²) in [6.45, 7) is 0. The molecule has 0 saturated carbocycles. The predicted molar refractivity (Wildman–Crippen MR) is 175 cm³/mol. The molecule has 8 N–H and O–H groups in total. The first kappa shape index (κ1) is 31.4. The van der Waals surface area contributed by atoms with E-state index in [-0.39, 0.29) is 27.3 Å². The first-order chi connectivity index (χ1) is 21.9. The highest BCUT2D eigenvalue weighted by molar-refractivity contribution is 7.91. The van der Waals surface area contributed by atoms with Crippen LogP contribution >= 0.6 is 0 Å². The van der Waals surface area contributed by atoms with Crippen molar-refractivity contribution >= 4 is 54.7 Å². The second kappa shape index (κ2) is 12.5. The van der Waals surface area contributed by atoms with Gasteiger partial charge in [-0.05, 0) is 82.2 Å². The highest BCUT2D eigenvalue weighted by Gasteiger charge is 2.22. The van der Waals surface area contributed by atoms with Crippen LogP contribution in [0.1, 0.15) is 31.8 Å². The summed E-state index contributed by atoms with van der Waals surface area (Å²) in [5, 5.41) is 42.8. The van der Waals surface area contributed by atoms with Gasteiger partial charge in [-0.15, -0.1) is 0 Å². The molecular formula is C35H28N2O8S. The number of hydrogen-bond donors (Lipinski definition) is 6. The van der Waals surface area contributed by atoms with Gasteiger partial charge in [-0.2, -0.15) is 0 Å². The van der Waals surface area contributed by atoms with Crippen LogP contribution in [0, 0.1) is 0 Å². The summed E-state index contributed by atoms with van der Waals surface area (Å²) in [5.41, 5.74) is 12.2. The number of carboxylic acids is 2. The maximum atomic E-state index is 12.2. The highest BCUT2D eigenvalue weighted by atomic mass is 32.2. The average Bonchev–Trinajstić information content (AvgIpc) is 3.03. The van der Waals surface area contributed by atoms with Crippen molar-refractivity contribution in [3.05, 3.63) is 131 Å². The van der Waals surface area contributed by atoms with E-state index < -0.39 is 33.3 Å². The van der Waals surface area contributed by atoms with E-state index in [1.807, 2.05) is 0 Å². The van der Waals surface area contributed by atoms with Gasteiger partial charge in [0.15, 0.2) is 0 Å². The van der Waals surface area contributed by atoms with Gasteiger partial charge in [0.2, 0.25) is 9.84 Å². The molecule has 0 aliphatic rings. The van der Waals surface area contributed by atoms with Crippen LogP contribution in [0.3, 0.4) is 0 Å². The molecule has 10 nitrogen and oxygen atoms in total. The van der Waals surface area contributed by atoms with Gasteiger partial charge in [0.05, 0.1) is 9.79 Å². The molecule has 232 valence electrons. The van der Waals surface area contributed by atoms with Crippen LogP contribution < -0.4 is 11.5 Å². The number of nitrogen functional groups attached to an aromatic ring is 2. The lowest BCUT2D eigenvalue weighted by Crippen LogP contribution is -2.04. The Morgan fingerprint density at radius 1 is 0.565 bits per heavy atom. The molecule has 0 amide bonds. The molecule has 0 aliphatic carbocycles. The van der Waals surface area contributed by atoms with E-state index >= 15 is 0 Å². The molecule has 0 radical (unpaired) electrons. The van der Waals surface area contributed by atoms with Crippen LogP contribution in [-0.2, 0) is 16.3 Å². The van der Waals surface area contributed by atoms with Crippen LogP contribution in [0.2, 0.25) is 0 Å². The molecule has 0 bridgehead atoms. The molecule has 0 fully saturated rings. The largest absolute Gasteiger partial charge is 0.507 e. The predicted octanol–water partition coefficient (Wildman–Crippen LogP) is 6.08. The molecule has 6 aromatic rings. The van der Waals surface area contributed by atoms with Gasteiger partial charge in [-0.1, -0.05) is 48.5 Å². The Balaban J connectivity index is 0.000000209. The lowest BCUT2D eigenvalue weighted by Gasteiger charge is -2.16. The summed E-state index contributed by atoms with van der Waals surface area (Å²) in [5.74, 6) is -3.36. The molecule has 0 saturated heterocycles. The summed E-state index contributed by atoms with van der Waals surface area (Å²) in [6.07, 6.45) is -0.0407. The minimum absolute atomic E-state index is 0.0407. The van der Waals surface area contributed by atoms with Crippen LogP contribution in [0.15, 0.2) is 119 Å². The minimum atomic E-state index is -3.48. The van der Waals surface area contributed by atoms with E-state index in [2.05, 4.69) is 0 Å². The zero-order valence-corrected chi connectivity index (χ0v) is 24.9. The maximum Gasteiger partial charge on any atom is 0.339 e. The molecule has 0 spiro atoms. The molecule has 46 heavy (non-hydrogen) atoms. The fourth-order valence-electron chi connectivity index (χ4n) is 5.11. The Morgan fingerprint density at radius 3 is 1.26 bits per heavy atom. The lowest BCUT2D eigenvalue weighted by atomic mass is 9.90. The van der Waals surface area contributed by atoms with E-state index in [4.69, 9.17) is 11.5 Å². The van der Waals surface area contributed by atoms with Gasteiger partial charge in [0.25, 0.3) is 0 Å². The molecule has 0 atom stereocenters. The van der Waals surface area contributed by atoms with Crippen molar-refractivity contribution in [3.63, 3.8) is 0 Å². The molecule has 6 rings (SSSR count). The van der Waals surface area contributed by atoms with E-state index in [0.717, 1.165) is 0 Å². The first-order valence-corrected chi connectivity index (χ1v) is 15.3. The number of nitrogens with two attached hydrogens (primary N) is 2. The lowest BCUT2D eigenvalue weighted by molar-refractivity contribution is 0.0682. The summed E-state index contributed by atoms with van der Waals surface area (Å²) >= 11 is 0. The molecule has 11 heteroatoms. The number of aromatic hydroxyl groups is 2. The summed E-state index contributed by atoms with van der Waals surface area (Å²) in [6, 6.07) is 29.0. The number of fused-ring (bicyclic) bond motifs is 2. The molecular weight excluding hydrogens is 608 g/mol. The van der Waals surface area contributed by atoms with Crippen LogP contribution in [0.25, 0.3) is 21.5 Å². The van der Waals surface area contributed by atoms with Crippen molar-refractivity contribution in [2.75, 3.05) is 11.5 Å². The van der Waals surface area contributed by atoms with E-state index in [0.29, 0.717) is 44.0 Å². The summed E-state index contributed by atoms with van der Waals surface area (Å²) < 4.78 is 24.3. The van der Waals surface area contributed by atoms with Crippen molar-refractivity contribution in [3.8, 4) is 11.5 Å². The monoisotopic (exact) mass is 636 g/mol. The standard InChI is InChI=1S/C23H16O6.C12H12N2O2S/c24-20-16(14-7-3-1-5-12(14)9-18(20)22(26)27)11-17-15-8-4-2-6-13(15)10-19(21(17)25)23(28)29;13-9-1-5-11(6-2-9)17(15,16)12-7-3-10(14)4-8-12/h1-10,24-25H,11H2,(H,26,27)(H,28,29);1-8H,13-14H2. The Kier molecular flexibility index (Phi) is 8.52. The van der Waals surface area contributed by atoms with Crippen LogP contribution in [-0.4, -0.2) is 40.8 Å². The summed E-state index contributed by atoms with van der Waals surface area (Å²) in [4.78, 5) is 23.6. The summed E-state index contributed by atoms with van der Waals surface area (Å²) in [7, 11) is -3.48. The first-order valence-electron chi connectivity index (χ1n) is 13.8. The fraction of sp³-hybridized carbons (Fsp3) is 0.0286. The second-order valence-electron chi connectivity index (χ2n) is 10.4. The second-order valence-corrected chi connectivity index (χ2v) is 12.3. The van der Waals surface area contributed by atoms with E-state index in [1.54, 1.807) is 72.8 Å². The third kappa shape index (κ3) is 6.12. The van der Waals surface area contributed by atoms with E-state index in [9.17, 15) is 38.4 Å². The van der Waals surface area contributed by atoms with Crippen molar-refractivity contribution in [1.82, 2.24) is 0 Å². The fourth-order valence-corrected chi connectivity index (χ4v) is 6.38. The third-order valence-corrected chi connectivity index (χ3v) is 9.23. The normalized spacial score (nSPS) is 11.1. The number of phenols is 2. The SMILES string of the molecule is Nc1ccc(S(=O)(=O)c2ccc(N)cc2)cc1.O=C(O)c1cc2ccccc2c(Cc2c(O)c(C(=O)O)cc3ccccc23)c1O. The zero-order chi connectivity index (χ0) is 33.2. The molecule has 0 unspecified atom stereocenters. The molecule has 0 aromatic heterocycles. The van der Waals surface area contributed by atoms with Crippen molar-refractivity contribution < 1.29 is 38.4 Å². The number of benzene rings is 6. The average molecular weight is 637 g/mol. The van der Waals surface area contributed by atoms with Gasteiger partial charge in [-0.3, -0.25) is 0 Å². The topological polar surface area (TPSA) is 201 Å². The maximum absolute atomic E-state index is 12.2. The number of carbonyl (C=O) groups is 2. The van der Waals surface area contributed by atoms with Gasteiger partial charge in [-0.25, -0.2) is 18.0 Å². The third-order valence-electron chi connectivity index (χ3n) is 7.45. The molecule has 0 heterocycles. The molecule has 0 aliphatic heterocycles. The smallest absolute Gasteiger partial charge is 0.339 e. The Bertz CT molecular complexity index is 2080. The quantitative estimate of drug-likeness (QED) is 0.116.